The van der Waals surface area contributed by atoms with Crippen molar-refractivity contribution in [1.29, 1.82) is 5.26 Å². The number of hydrogen-bond acceptors (Lipinski definition) is 2. The van der Waals surface area contributed by atoms with Gasteiger partial charge in [-0.25, -0.2) is 0 Å². The van der Waals surface area contributed by atoms with Crippen LogP contribution in [0.25, 0.3) is 0 Å². The quantitative estimate of drug-likeness (QED) is 0.413. The van der Waals surface area contributed by atoms with Gasteiger partial charge in [-0.05, 0) is 6.07 Å². The Labute approximate surface area is 65.9 Å². The van der Waals surface area contributed by atoms with Crippen molar-refractivity contribution in [1.82, 2.24) is 0 Å². The van der Waals surface area contributed by atoms with Crippen molar-refractivity contribution in [3.63, 3.8) is 0 Å². The van der Waals surface area contributed by atoms with E-state index in [4.69, 9.17) is 13.1 Å². The van der Waals surface area contributed by atoms with Crippen LogP contribution < -0.4 is 5.46 Å². The van der Waals surface area contributed by atoms with Crippen molar-refractivity contribution in [2.45, 2.75) is 0 Å². The van der Waals surface area contributed by atoms with Crippen LogP contribution in [0, 0.1) is 11.3 Å². The van der Waals surface area contributed by atoms with Gasteiger partial charge in [-0.2, -0.15) is 5.26 Å². The number of aldehydes is 1. The summed E-state index contributed by atoms with van der Waals surface area (Å²) in [5, 5.41) is 8.46. The topological polar surface area (TPSA) is 40.9 Å². The second-order valence-electron chi connectivity index (χ2n) is 2.08. The zero-order valence-corrected chi connectivity index (χ0v) is 5.74. The lowest BCUT2D eigenvalue weighted by Crippen LogP contribution is -2.08. The van der Waals surface area contributed by atoms with Gasteiger partial charge in [0.1, 0.15) is 14.1 Å². The highest BCUT2D eigenvalue weighted by Crippen LogP contribution is 1.96. The van der Waals surface area contributed by atoms with Crippen molar-refractivity contribution in [2.75, 3.05) is 0 Å². The fourth-order valence-corrected chi connectivity index (χ4v) is 0.756. The van der Waals surface area contributed by atoms with Crippen LogP contribution in [0.15, 0.2) is 18.2 Å². The molecule has 0 spiro atoms. The van der Waals surface area contributed by atoms with Gasteiger partial charge in [0.2, 0.25) is 0 Å². The van der Waals surface area contributed by atoms with Crippen LogP contribution >= 0.6 is 0 Å². The number of carbonyl (C=O) groups is 1. The minimum Gasteiger partial charge on any atom is -0.298 e. The van der Waals surface area contributed by atoms with Crippen molar-refractivity contribution in [2.24, 2.45) is 0 Å². The van der Waals surface area contributed by atoms with Gasteiger partial charge in [-0.15, -0.1) is 0 Å². The fraction of sp³-hybridized carbons (Fsp3) is 0. The summed E-state index contributed by atoms with van der Waals surface area (Å²) in [6.07, 6.45) is 0.692. The predicted molar refractivity (Wildman–Crippen MR) is 41.9 cm³/mol. The van der Waals surface area contributed by atoms with E-state index in [2.05, 4.69) is 0 Å². The molecule has 3 heteroatoms. The van der Waals surface area contributed by atoms with Gasteiger partial charge in [0, 0.05) is 11.1 Å². The highest BCUT2D eigenvalue weighted by Gasteiger charge is 1.96. The zero-order valence-electron chi connectivity index (χ0n) is 5.74. The Hall–Kier alpha value is -1.56. The molecule has 0 bridgehead atoms. The normalized spacial score (nSPS) is 8.64. The average molecular weight is 141 g/mol. The highest BCUT2D eigenvalue weighted by atomic mass is 16.1. The van der Waals surface area contributed by atoms with E-state index in [0.29, 0.717) is 22.9 Å². The van der Waals surface area contributed by atoms with Gasteiger partial charge in [-0.3, -0.25) is 4.79 Å². The smallest absolute Gasteiger partial charge is 0.150 e. The number of rotatable bonds is 1. The Kier molecular flexibility index (Phi) is 2.07. The van der Waals surface area contributed by atoms with E-state index in [9.17, 15) is 4.79 Å². The van der Waals surface area contributed by atoms with Crippen LogP contribution in [0.1, 0.15) is 15.9 Å². The van der Waals surface area contributed by atoms with Gasteiger partial charge < -0.3 is 0 Å². The molecule has 0 aliphatic rings. The first-order valence-corrected chi connectivity index (χ1v) is 3.02. The second-order valence-corrected chi connectivity index (χ2v) is 2.08. The Morgan fingerprint density at radius 2 is 2.27 bits per heavy atom. The Balaban J connectivity index is 3.22. The molecule has 0 atom stereocenters. The third kappa shape index (κ3) is 1.47. The van der Waals surface area contributed by atoms with E-state index in [0.717, 1.165) is 0 Å². The minimum atomic E-state index is 0.345. The summed E-state index contributed by atoms with van der Waals surface area (Å²) in [4.78, 5) is 10.2. The van der Waals surface area contributed by atoms with Crippen LogP contribution in [-0.4, -0.2) is 14.1 Å². The number of nitrogens with zero attached hydrogens (tertiary/aromatic N) is 1. The van der Waals surface area contributed by atoms with Crippen LogP contribution in [0.3, 0.4) is 0 Å². The van der Waals surface area contributed by atoms with Gasteiger partial charge >= 0.3 is 0 Å². The standard InChI is InChI=1S/C8H4BNO/c9-8-3-6(5-11)1-2-7(8)4-10/h1-3,5H. The molecule has 0 aliphatic heterocycles. The summed E-state index contributed by atoms with van der Waals surface area (Å²) in [5.74, 6) is 0. The van der Waals surface area contributed by atoms with Crippen molar-refractivity contribution in [3.05, 3.63) is 29.3 Å². The number of hydrogen-bond donors (Lipinski definition) is 0. The monoisotopic (exact) mass is 141 g/mol. The van der Waals surface area contributed by atoms with E-state index in [-0.39, 0.29) is 0 Å². The Morgan fingerprint density at radius 3 is 2.73 bits per heavy atom. The Bertz CT molecular complexity index is 327. The summed E-state index contributed by atoms with van der Waals surface area (Å²) in [6, 6.07) is 6.47. The summed E-state index contributed by atoms with van der Waals surface area (Å²) >= 11 is 0. The molecule has 0 aromatic heterocycles. The van der Waals surface area contributed by atoms with Crippen LogP contribution in [-0.2, 0) is 0 Å². The summed E-state index contributed by atoms with van der Waals surface area (Å²) in [6.45, 7) is 0. The molecule has 2 nitrogen and oxygen atoms in total. The van der Waals surface area contributed by atoms with Crippen LogP contribution in [0.4, 0.5) is 0 Å². The first kappa shape index (κ1) is 7.55. The lowest BCUT2D eigenvalue weighted by Gasteiger charge is -1.96. The van der Waals surface area contributed by atoms with Gasteiger partial charge in [0.05, 0.1) is 6.07 Å². The first-order valence-electron chi connectivity index (χ1n) is 3.02. The largest absolute Gasteiger partial charge is 0.298 e. The number of benzene rings is 1. The van der Waals surface area contributed by atoms with Crippen molar-refractivity contribution >= 4 is 19.6 Å². The van der Waals surface area contributed by atoms with E-state index in [1.165, 1.54) is 12.1 Å². The molecule has 0 aliphatic carbocycles. The summed E-state index contributed by atoms with van der Waals surface area (Å²) in [5.41, 5.74) is 1.23. The highest BCUT2D eigenvalue weighted by molar-refractivity contribution is 6.34. The van der Waals surface area contributed by atoms with E-state index in [1.54, 1.807) is 6.07 Å². The SMILES string of the molecule is [B]c1cc(C=O)ccc1C#N. The first-order chi connectivity index (χ1) is 5.27. The lowest BCUT2D eigenvalue weighted by molar-refractivity contribution is 0.112. The molecular formula is C8H4BNO. The molecule has 0 heterocycles. The lowest BCUT2D eigenvalue weighted by atomic mass is 9.90. The molecule has 0 fully saturated rings. The summed E-state index contributed by atoms with van der Waals surface area (Å²) in [7, 11) is 5.43. The number of carbonyl (C=O) groups excluding carboxylic acids is 1. The van der Waals surface area contributed by atoms with Crippen molar-refractivity contribution < 1.29 is 4.79 Å². The molecule has 0 saturated carbocycles. The van der Waals surface area contributed by atoms with Crippen LogP contribution in [0.2, 0.25) is 0 Å². The van der Waals surface area contributed by atoms with Crippen molar-refractivity contribution in [3.8, 4) is 6.07 Å². The molecule has 0 unspecified atom stereocenters. The summed E-state index contributed by atoms with van der Waals surface area (Å²) < 4.78 is 0. The molecule has 1 aromatic rings. The third-order valence-corrected chi connectivity index (χ3v) is 1.33. The van der Waals surface area contributed by atoms with Crippen LogP contribution in [0.5, 0.6) is 0 Å². The van der Waals surface area contributed by atoms with E-state index < -0.39 is 0 Å². The molecule has 0 N–H and O–H groups in total. The van der Waals surface area contributed by atoms with E-state index in [1.807, 2.05) is 6.07 Å². The molecule has 2 radical (unpaired) electrons. The third-order valence-electron chi connectivity index (χ3n) is 1.33. The molecule has 1 aromatic carbocycles. The minimum absolute atomic E-state index is 0.345. The molecule has 11 heavy (non-hydrogen) atoms. The fourth-order valence-electron chi connectivity index (χ4n) is 0.756. The van der Waals surface area contributed by atoms with Gasteiger partial charge in [-0.1, -0.05) is 17.6 Å². The average Bonchev–Trinajstić information content (AvgIpc) is 2.04. The molecule has 0 saturated heterocycles. The second kappa shape index (κ2) is 3.02. The molecule has 0 amide bonds. The number of nitriles is 1. The Morgan fingerprint density at radius 1 is 1.55 bits per heavy atom. The zero-order chi connectivity index (χ0) is 8.27. The maximum Gasteiger partial charge on any atom is 0.150 e. The molecular weight excluding hydrogens is 137 g/mol. The molecule has 1 rings (SSSR count). The van der Waals surface area contributed by atoms with Gasteiger partial charge in [0.15, 0.2) is 0 Å². The van der Waals surface area contributed by atoms with Gasteiger partial charge in [0.25, 0.3) is 0 Å². The maximum absolute atomic E-state index is 10.2. The maximum atomic E-state index is 10.2. The molecule has 50 valence electrons. The predicted octanol–water partition coefficient (Wildman–Crippen LogP) is 0.165. The van der Waals surface area contributed by atoms with E-state index >= 15 is 0 Å².